The molecule has 10 heavy (non-hydrogen) atoms. The lowest BCUT2D eigenvalue weighted by Gasteiger charge is -1.93. The average molecular weight is 139 g/mol. The molecule has 0 fully saturated rings. The lowest BCUT2D eigenvalue weighted by atomic mass is 10.1. The van der Waals surface area contributed by atoms with Gasteiger partial charge in [-0.15, -0.1) is 0 Å². The van der Waals surface area contributed by atoms with Gasteiger partial charge >= 0.3 is 0 Å². The first-order valence-electron chi connectivity index (χ1n) is 4.24. The first-order chi connectivity index (χ1) is 4.77. The molecule has 59 valence electrons. The van der Waals surface area contributed by atoms with Gasteiger partial charge in [-0.3, -0.25) is 0 Å². The van der Waals surface area contributed by atoms with Gasteiger partial charge in [0.05, 0.1) is 0 Å². The summed E-state index contributed by atoms with van der Waals surface area (Å²) in [5, 5.41) is 0. The van der Waals surface area contributed by atoms with Crippen molar-refractivity contribution in [2.24, 2.45) is 0 Å². The van der Waals surface area contributed by atoms with Gasteiger partial charge in [0.25, 0.3) is 0 Å². The number of unbranched alkanes of at least 4 members (excludes halogenated alkanes) is 3. The van der Waals surface area contributed by atoms with Crippen molar-refractivity contribution in [3.63, 3.8) is 0 Å². The number of allylic oxidation sites excluding steroid dienone is 2. The molecule has 0 bridgehead atoms. The summed E-state index contributed by atoms with van der Waals surface area (Å²) in [7, 11) is 0. The molecular formula is C10H19. The van der Waals surface area contributed by atoms with Crippen molar-refractivity contribution in [3.05, 3.63) is 18.1 Å². The second kappa shape index (κ2) is 6.85. The van der Waals surface area contributed by atoms with E-state index in [2.05, 4.69) is 32.9 Å². The minimum absolute atomic E-state index is 1.25. The highest BCUT2D eigenvalue weighted by atomic mass is 13.9. The zero-order chi connectivity index (χ0) is 7.82. The smallest absolute Gasteiger partial charge is 0.00892 e. The Kier molecular flexibility index (Phi) is 6.68. The van der Waals surface area contributed by atoms with Crippen molar-refractivity contribution >= 4 is 0 Å². The Bertz CT molecular complexity index is 80.0. The summed E-state index contributed by atoms with van der Waals surface area (Å²) in [6.07, 6.45) is 9.76. The lowest BCUT2D eigenvalue weighted by Crippen LogP contribution is -1.75. The highest BCUT2D eigenvalue weighted by Crippen LogP contribution is 2.02. The van der Waals surface area contributed by atoms with E-state index in [4.69, 9.17) is 0 Å². The molecule has 0 aromatic rings. The third-order valence-corrected chi connectivity index (χ3v) is 1.43. The van der Waals surface area contributed by atoms with Crippen LogP contribution in [0.15, 0.2) is 12.2 Å². The van der Waals surface area contributed by atoms with Gasteiger partial charge < -0.3 is 0 Å². The number of hydrogen-bond acceptors (Lipinski definition) is 0. The van der Waals surface area contributed by atoms with Crippen LogP contribution < -0.4 is 0 Å². The van der Waals surface area contributed by atoms with Crippen molar-refractivity contribution in [1.29, 1.82) is 0 Å². The molecule has 0 nitrogen and oxygen atoms in total. The molecule has 0 unspecified atom stereocenters. The van der Waals surface area contributed by atoms with E-state index in [1.54, 1.807) is 0 Å². The van der Waals surface area contributed by atoms with Gasteiger partial charge in [0.15, 0.2) is 0 Å². The Balaban J connectivity index is 3.02. The van der Waals surface area contributed by atoms with E-state index in [1.807, 2.05) is 0 Å². The van der Waals surface area contributed by atoms with Gasteiger partial charge in [0, 0.05) is 0 Å². The van der Waals surface area contributed by atoms with Crippen LogP contribution >= 0.6 is 0 Å². The standard InChI is InChI=1S/C10H19/c1-4-5-6-7-8-9-10(2)3/h8-9H,4-7H2,1-3H3/b9-8+. The predicted octanol–water partition coefficient (Wildman–Crippen LogP) is 3.74. The van der Waals surface area contributed by atoms with Gasteiger partial charge in [-0.2, -0.15) is 0 Å². The van der Waals surface area contributed by atoms with Crippen molar-refractivity contribution < 1.29 is 0 Å². The van der Waals surface area contributed by atoms with Crippen LogP contribution in [0.2, 0.25) is 0 Å². The molecule has 0 spiro atoms. The fourth-order valence-electron chi connectivity index (χ4n) is 0.831. The maximum Gasteiger partial charge on any atom is -0.00892 e. The van der Waals surface area contributed by atoms with E-state index in [0.29, 0.717) is 0 Å². The van der Waals surface area contributed by atoms with Crippen molar-refractivity contribution in [3.8, 4) is 0 Å². The quantitative estimate of drug-likeness (QED) is 0.509. The lowest BCUT2D eigenvalue weighted by molar-refractivity contribution is 0.728. The van der Waals surface area contributed by atoms with Crippen LogP contribution in [0.1, 0.15) is 46.5 Å². The average Bonchev–Trinajstić information content (AvgIpc) is 1.87. The largest absolute Gasteiger partial charge is 0.0880 e. The van der Waals surface area contributed by atoms with E-state index in [-0.39, 0.29) is 0 Å². The second-order valence-electron chi connectivity index (χ2n) is 2.98. The van der Waals surface area contributed by atoms with Crippen molar-refractivity contribution in [2.75, 3.05) is 0 Å². The van der Waals surface area contributed by atoms with Crippen LogP contribution in [0, 0.1) is 5.92 Å². The van der Waals surface area contributed by atoms with Crippen LogP contribution in [0.3, 0.4) is 0 Å². The molecule has 0 amide bonds. The van der Waals surface area contributed by atoms with Crippen molar-refractivity contribution in [1.82, 2.24) is 0 Å². The molecule has 0 aliphatic rings. The Morgan fingerprint density at radius 3 is 2.40 bits per heavy atom. The topological polar surface area (TPSA) is 0 Å². The molecule has 0 aliphatic carbocycles. The van der Waals surface area contributed by atoms with Gasteiger partial charge in [-0.05, 0) is 18.8 Å². The summed E-state index contributed by atoms with van der Waals surface area (Å²) in [5.74, 6) is 1.40. The maximum atomic E-state index is 2.27. The summed E-state index contributed by atoms with van der Waals surface area (Å²) in [4.78, 5) is 0. The SMILES string of the molecule is CCCCC/C=C/[C](C)C. The Labute approximate surface area is 65.3 Å². The van der Waals surface area contributed by atoms with Gasteiger partial charge in [0.2, 0.25) is 0 Å². The maximum absolute atomic E-state index is 2.27. The molecule has 1 radical (unpaired) electrons. The summed E-state index contributed by atoms with van der Waals surface area (Å²) in [5.41, 5.74) is 0. The first-order valence-corrected chi connectivity index (χ1v) is 4.24. The predicted molar refractivity (Wildman–Crippen MR) is 47.9 cm³/mol. The third-order valence-electron chi connectivity index (χ3n) is 1.43. The molecule has 0 heteroatoms. The number of hydrogen-bond donors (Lipinski definition) is 0. The molecule has 0 aromatic heterocycles. The molecular weight excluding hydrogens is 120 g/mol. The Morgan fingerprint density at radius 2 is 1.90 bits per heavy atom. The van der Waals surface area contributed by atoms with Gasteiger partial charge in [-0.1, -0.05) is 45.8 Å². The van der Waals surface area contributed by atoms with Gasteiger partial charge in [-0.25, -0.2) is 0 Å². The van der Waals surface area contributed by atoms with E-state index < -0.39 is 0 Å². The number of rotatable bonds is 5. The molecule has 0 saturated carbocycles. The van der Waals surface area contributed by atoms with Crippen LogP contribution in [-0.2, 0) is 0 Å². The fraction of sp³-hybridized carbons (Fsp3) is 0.700. The Hall–Kier alpha value is -0.260. The van der Waals surface area contributed by atoms with Gasteiger partial charge in [0.1, 0.15) is 0 Å². The van der Waals surface area contributed by atoms with E-state index in [0.717, 1.165) is 0 Å². The zero-order valence-electron chi connectivity index (χ0n) is 7.48. The van der Waals surface area contributed by atoms with Crippen LogP contribution in [0.4, 0.5) is 0 Å². The normalized spacial score (nSPS) is 11.6. The summed E-state index contributed by atoms with van der Waals surface area (Å²) >= 11 is 0. The molecule has 0 N–H and O–H groups in total. The highest BCUT2D eigenvalue weighted by Gasteiger charge is 1.84. The summed E-state index contributed by atoms with van der Waals surface area (Å²) < 4.78 is 0. The van der Waals surface area contributed by atoms with Crippen LogP contribution in [0.25, 0.3) is 0 Å². The third kappa shape index (κ3) is 7.74. The summed E-state index contributed by atoms with van der Waals surface area (Å²) in [6.45, 7) is 6.51. The fourth-order valence-corrected chi connectivity index (χ4v) is 0.831. The second-order valence-corrected chi connectivity index (χ2v) is 2.98. The first kappa shape index (κ1) is 9.74. The molecule has 0 saturated heterocycles. The van der Waals surface area contributed by atoms with E-state index in [1.165, 1.54) is 31.6 Å². The highest BCUT2D eigenvalue weighted by molar-refractivity contribution is 5.02. The monoisotopic (exact) mass is 139 g/mol. The van der Waals surface area contributed by atoms with E-state index >= 15 is 0 Å². The minimum atomic E-state index is 1.25. The van der Waals surface area contributed by atoms with Crippen LogP contribution in [-0.4, -0.2) is 0 Å². The molecule has 0 rings (SSSR count). The molecule has 0 heterocycles. The molecule has 0 aromatic carbocycles. The van der Waals surface area contributed by atoms with E-state index in [9.17, 15) is 0 Å². The molecule has 0 atom stereocenters. The Morgan fingerprint density at radius 1 is 1.20 bits per heavy atom. The van der Waals surface area contributed by atoms with Crippen molar-refractivity contribution in [2.45, 2.75) is 46.5 Å². The van der Waals surface area contributed by atoms with Crippen LogP contribution in [0.5, 0.6) is 0 Å². The minimum Gasteiger partial charge on any atom is -0.0880 e. The zero-order valence-corrected chi connectivity index (χ0v) is 7.48. The summed E-state index contributed by atoms with van der Waals surface area (Å²) in [6, 6.07) is 0. The molecule has 0 aliphatic heterocycles.